The van der Waals surface area contributed by atoms with Gasteiger partial charge in [0.2, 0.25) is 0 Å². The van der Waals surface area contributed by atoms with Crippen molar-refractivity contribution in [2.75, 3.05) is 7.11 Å². The van der Waals surface area contributed by atoms with Gasteiger partial charge in [-0.05, 0) is 18.1 Å². The number of hydrogen-bond donors (Lipinski definition) is 2. The highest BCUT2D eigenvalue weighted by molar-refractivity contribution is 5.85. The maximum Gasteiger partial charge on any atom is 0.354 e. The van der Waals surface area contributed by atoms with Crippen LogP contribution in [0.1, 0.15) is 30.0 Å². The summed E-state index contributed by atoms with van der Waals surface area (Å²) in [5.74, 6) is -1.35. The number of carbonyl (C=O) groups is 2. The standard InChI is InChI=1S/C13H18N2O4/c1-8(2)11(13(18)19-3)14-7-9-5-4-6-10(15-9)12(16)17/h4-6,8,11,14H,7H2,1-3H3,(H,16,17). The molecule has 2 N–H and O–H groups in total. The number of rotatable bonds is 6. The Hall–Kier alpha value is -1.95. The van der Waals surface area contributed by atoms with Gasteiger partial charge in [-0.15, -0.1) is 0 Å². The molecule has 0 aliphatic heterocycles. The second-order valence-electron chi connectivity index (χ2n) is 4.45. The van der Waals surface area contributed by atoms with E-state index in [9.17, 15) is 9.59 Å². The summed E-state index contributed by atoms with van der Waals surface area (Å²) in [6, 6.07) is 4.30. The van der Waals surface area contributed by atoms with Gasteiger partial charge in [0.1, 0.15) is 11.7 Å². The number of aromatic carboxylic acids is 1. The zero-order valence-corrected chi connectivity index (χ0v) is 11.2. The number of nitrogens with one attached hydrogen (secondary N) is 1. The van der Waals surface area contributed by atoms with Crippen molar-refractivity contribution < 1.29 is 19.4 Å². The van der Waals surface area contributed by atoms with E-state index < -0.39 is 12.0 Å². The highest BCUT2D eigenvalue weighted by Gasteiger charge is 2.22. The van der Waals surface area contributed by atoms with E-state index in [1.807, 2.05) is 13.8 Å². The van der Waals surface area contributed by atoms with Crippen molar-refractivity contribution in [2.24, 2.45) is 5.92 Å². The summed E-state index contributed by atoms with van der Waals surface area (Å²) in [6.07, 6.45) is 0. The summed E-state index contributed by atoms with van der Waals surface area (Å²) >= 11 is 0. The molecule has 6 heteroatoms. The van der Waals surface area contributed by atoms with Gasteiger partial charge in [0.05, 0.1) is 12.8 Å². The molecule has 1 aromatic rings. The number of hydrogen-bond acceptors (Lipinski definition) is 5. The third-order valence-corrected chi connectivity index (χ3v) is 2.65. The molecule has 0 spiro atoms. The van der Waals surface area contributed by atoms with E-state index in [4.69, 9.17) is 9.84 Å². The van der Waals surface area contributed by atoms with E-state index in [1.165, 1.54) is 13.2 Å². The maximum absolute atomic E-state index is 11.6. The second kappa shape index (κ2) is 6.84. The van der Waals surface area contributed by atoms with Crippen LogP contribution in [-0.4, -0.2) is 35.2 Å². The van der Waals surface area contributed by atoms with Gasteiger partial charge in [-0.2, -0.15) is 0 Å². The molecule has 1 aromatic heterocycles. The lowest BCUT2D eigenvalue weighted by Crippen LogP contribution is -2.41. The topological polar surface area (TPSA) is 88.5 Å². The summed E-state index contributed by atoms with van der Waals surface area (Å²) in [6.45, 7) is 4.10. The maximum atomic E-state index is 11.6. The second-order valence-corrected chi connectivity index (χ2v) is 4.45. The van der Waals surface area contributed by atoms with Gasteiger partial charge >= 0.3 is 11.9 Å². The minimum Gasteiger partial charge on any atom is -0.477 e. The van der Waals surface area contributed by atoms with Crippen LogP contribution in [0.5, 0.6) is 0 Å². The van der Waals surface area contributed by atoms with Gasteiger partial charge in [0, 0.05) is 6.54 Å². The zero-order valence-electron chi connectivity index (χ0n) is 11.2. The van der Waals surface area contributed by atoms with Gasteiger partial charge in [0.25, 0.3) is 0 Å². The Morgan fingerprint density at radius 3 is 2.63 bits per heavy atom. The molecule has 1 unspecified atom stereocenters. The largest absolute Gasteiger partial charge is 0.477 e. The van der Waals surface area contributed by atoms with Crippen molar-refractivity contribution in [1.82, 2.24) is 10.3 Å². The molecule has 0 aliphatic carbocycles. The molecule has 19 heavy (non-hydrogen) atoms. The summed E-state index contributed by atoms with van der Waals surface area (Å²) in [5.41, 5.74) is 0.549. The van der Waals surface area contributed by atoms with Gasteiger partial charge in [0.15, 0.2) is 0 Å². The Bertz CT molecular complexity index is 460. The SMILES string of the molecule is COC(=O)C(NCc1cccc(C(=O)O)n1)C(C)C. The third-order valence-electron chi connectivity index (χ3n) is 2.65. The first-order valence-corrected chi connectivity index (χ1v) is 5.96. The molecular weight excluding hydrogens is 248 g/mol. The van der Waals surface area contributed by atoms with Crippen molar-refractivity contribution in [2.45, 2.75) is 26.4 Å². The quantitative estimate of drug-likeness (QED) is 0.749. The van der Waals surface area contributed by atoms with Crippen LogP contribution >= 0.6 is 0 Å². The number of methoxy groups -OCH3 is 1. The van der Waals surface area contributed by atoms with Crippen LogP contribution in [0.15, 0.2) is 18.2 Å². The number of carbonyl (C=O) groups excluding carboxylic acids is 1. The first-order chi connectivity index (χ1) is 8.95. The number of carboxylic acid groups (broad SMARTS) is 1. The smallest absolute Gasteiger partial charge is 0.354 e. The molecule has 104 valence electrons. The number of carboxylic acids is 1. The summed E-state index contributed by atoms with van der Waals surface area (Å²) < 4.78 is 4.71. The van der Waals surface area contributed by atoms with Crippen LogP contribution in [0.3, 0.4) is 0 Å². The molecule has 0 saturated heterocycles. The molecule has 0 bridgehead atoms. The zero-order chi connectivity index (χ0) is 14.4. The average molecular weight is 266 g/mol. The van der Waals surface area contributed by atoms with Gasteiger partial charge in [-0.25, -0.2) is 9.78 Å². The van der Waals surface area contributed by atoms with Crippen molar-refractivity contribution in [3.05, 3.63) is 29.6 Å². The predicted molar refractivity (Wildman–Crippen MR) is 68.7 cm³/mol. The minimum absolute atomic E-state index is 0.0153. The van der Waals surface area contributed by atoms with Gasteiger partial charge in [-0.1, -0.05) is 19.9 Å². The Morgan fingerprint density at radius 1 is 1.42 bits per heavy atom. The van der Waals surface area contributed by atoms with Crippen LogP contribution < -0.4 is 5.32 Å². The third kappa shape index (κ3) is 4.33. The molecule has 1 heterocycles. The van der Waals surface area contributed by atoms with Crippen molar-refractivity contribution in [3.63, 3.8) is 0 Å². The monoisotopic (exact) mass is 266 g/mol. The number of pyridine rings is 1. The number of aromatic nitrogens is 1. The van der Waals surface area contributed by atoms with Gasteiger partial charge < -0.3 is 9.84 Å². The highest BCUT2D eigenvalue weighted by atomic mass is 16.5. The van der Waals surface area contributed by atoms with Crippen LogP contribution in [0.4, 0.5) is 0 Å². The summed E-state index contributed by atoms with van der Waals surface area (Å²) in [7, 11) is 1.34. The molecule has 0 radical (unpaired) electrons. The van der Waals surface area contributed by atoms with E-state index in [1.54, 1.807) is 12.1 Å². The molecule has 1 rings (SSSR count). The molecule has 1 atom stereocenters. The highest BCUT2D eigenvalue weighted by Crippen LogP contribution is 2.06. The lowest BCUT2D eigenvalue weighted by atomic mass is 10.0. The fourth-order valence-electron chi connectivity index (χ4n) is 1.63. The normalized spacial score (nSPS) is 12.2. The van der Waals surface area contributed by atoms with Crippen LogP contribution in [0.2, 0.25) is 0 Å². The Morgan fingerprint density at radius 2 is 2.11 bits per heavy atom. The molecule has 6 nitrogen and oxygen atoms in total. The lowest BCUT2D eigenvalue weighted by molar-refractivity contribution is -0.144. The molecular formula is C13H18N2O4. The Labute approximate surface area is 111 Å². The van der Waals surface area contributed by atoms with Crippen molar-refractivity contribution in [1.29, 1.82) is 0 Å². The van der Waals surface area contributed by atoms with E-state index in [-0.39, 0.29) is 17.6 Å². The van der Waals surface area contributed by atoms with Crippen LogP contribution in [-0.2, 0) is 16.1 Å². The Balaban J connectivity index is 2.71. The van der Waals surface area contributed by atoms with Crippen LogP contribution in [0.25, 0.3) is 0 Å². The molecule has 0 amide bonds. The molecule has 0 fully saturated rings. The van der Waals surface area contributed by atoms with Crippen molar-refractivity contribution in [3.8, 4) is 0 Å². The molecule has 0 aromatic carbocycles. The number of esters is 1. The average Bonchev–Trinajstić information content (AvgIpc) is 2.38. The summed E-state index contributed by atoms with van der Waals surface area (Å²) in [4.78, 5) is 26.3. The van der Waals surface area contributed by atoms with E-state index in [0.717, 1.165) is 0 Å². The molecule has 0 saturated carbocycles. The predicted octanol–water partition coefficient (Wildman–Crippen LogP) is 1.07. The van der Waals surface area contributed by atoms with Crippen LogP contribution in [0, 0.1) is 5.92 Å². The minimum atomic E-state index is -1.07. The molecule has 0 aliphatic rings. The number of ether oxygens (including phenoxy) is 1. The fraction of sp³-hybridized carbons (Fsp3) is 0.462. The van der Waals surface area contributed by atoms with Crippen molar-refractivity contribution >= 4 is 11.9 Å². The number of nitrogens with zero attached hydrogens (tertiary/aromatic N) is 1. The van der Waals surface area contributed by atoms with E-state index in [2.05, 4.69) is 10.3 Å². The first-order valence-electron chi connectivity index (χ1n) is 5.96. The fourth-order valence-corrected chi connectivity index (χ4v) is 1.63. The lowest BCUT2D eigenvalue weighted by Gasteiger charge is -2.19. The van der Waals surface area contributed by atoms with Gasteiger partial charge in [-0.3, -0.25) is 10.1 Å². The summed E-state index contributed by atoms with van der Waals surface area (Å²) in [5, 5.41) is 11.9. The Kier molecular flexibility index (Phi) is 5.44. The van der Waals surface area contributed by atoms with E-state index >= 15 is 0 Å². The first kappa shape index (κ1) is 15.1. The van der Waals surface area contributed by atoms with E-state index in [0.29, 0.717) is 12.2 Å².